The highest BCUT2D eigenvalue weighted by Gasteiger charge is 2.29. The molecule has 8 nitrogen and oxygen atoms in total. The topological polar surface area (TPSA) is 109 Å². The fourth-order valence-corrected chi connectivity index (χ4v) is 3.62. The Morgan fingerprint density at radius 2 is 2.07 bits per heavy atom. The highest BCUT2D eigenvalue weighted by atomic mass is 16.1. The number of primary amides is 1. The molecule has 0 radical (unpaired) electrons. The van der Waals surface area contributed by atoms with Crippen molar-refractivity contribution in [2.24, 2.45) is 15.7 Å². The minimum atomic E-state index is -0.482. The Morgan fingerprint density at radius 3 is 2.90 bits per heavy atom. The second-order valence-corrected chi connectivity index (χ2v) is 6.89. The number of nitrogens with two attached hydrogens (primary N) is 1. The van der Waals surface area contributed by atoms with Gasteiger partial charge in [0.2, 0.25) is 0 Å². The van der Waals surface area contributed by atoms with E-state index >= 15 is 0 Å². The lowest BCUT2D eigenvalue weighted by atomic mass is 10.1. The number of fused-ring (bicyclic) bond motifs is 1. The van der Waals surface area contributed by atoms with Crippen LogP contribution in [0.2, 0.25) is 0 Å². The number of pyridine rings is 1. The monoisotopic (exact) mass is 385 g/mol. The molecule has 1 atom stereocenters. The number of rotatable bonds is 4. The van der Waals surface area contributed by atoms with Gasteiger partial charge in [0.25, 0.3) is 5.91 Å². The molecule has 1 amide bonds. The SMILES string of the molecule is NC(=O)c1cccn2c(C3NC(=NCc4ccccc4)C4=C(C=NC4)N3)ncc12. The number of aliphatic imine (C=N–C) groups is 2. The predicted octanol–water partition coefficient (Wildman–Crippen LogP) is 1.56. The van der Waals surface area contributed by atoms with Crippen LogP contribution in [0.4, 0.5) is 0 Å². The highest BCUT2D eigenvalue weighted by Crippen LogP contribution is 2.23. The largest absolute Gasteiger partial charge is 0.366 e. The number of aromatic nitrogens is 2. The van der Waals surface area contributed by atoms with Crippen LogP contribution in [0.25, 0.3) is 5.52 Å². The Balaban J connectivity index is 1.51. The molecular weight excluding hydrogens is 366 g/mol. The molecule has 0 saturated heterocycles. The van der Waals surface area contributed by atoms with Crippen LogP contribution in [-0.2, 0) is 6.54 Å². The molecule has 2 aliphatic heterocycles. The number of carbonyl (C=O) groups is 1. The van der Waals surface area contributed by atoms with Crippen molar-refractivity contribution in [1.82, 2.24) is 20.0 Å². The normalized spacial score (nSPS) is 19.3. The molecular formula is C21H19N7O. The lowest BCUT2D eigenvalue weighted by molar-refractivity contribution is 0.100. The van der Waals surface area contributed by atoms with E-state index in [4.69, 9.17) is 10.7 Å². The highest BCUT2D eigenvalue weighted by molar-refractivity contribution is 6.06. The van der Waals surface area contributed by atoms with E-state index in [1.807, 2.05) is 35.0 Å². The van der Waals surface area contributed by atoms with E-state index in [0.29, 0.717) is 30.0 Å². The molecule has 5 rings (SSSR count). The van der Waals surface area contributed by atoms with Crippen molar-refractivity contribution in [2.75, 3.05) is 6.54 Å². The number of carbonyl (C=O) groups excluding carboxylic acids is 1. The van der Waals surface area contributed by atoms with Crippen LogP contribution in [-0.4, -0.2) is 33.9 Å². The smallest absolute Gasteiger partial charge is 0.250 e. The third kappa shape index (κ3) is 3.04. The minimum absolute atomic E-state index is 0.321. The molecule has 0 bridgehead atoms. The third-order valence-corrected chi connectivity index (χ3v) is 5.05. The molecule has 3 aromatic rings. The molecule has 0 aliphatic carbocycles. The van der Waals surface area contributed by atoms with E-state index in [-0.39, 0.29) is 6.17 Å². The fraction of sp³-hybridized carbons (Fsp3) is 0.143. The molecule has 144 valence electrons. The average Bonchev–Trinajstić information content (AvgIpc) is 3.39. The lowest BCUT2D eigenvalue weighted by Crippen LogP contribution is -2.45. The Morgan fingerprint density at radius 1 is 1.21 bits per heavy atom. The quantitative estimate of drug-likeness (QED) is 0.633. The van der Waals surface area contributed by atoms with Gasteiger partial charge in [0.05, 0.1) is 36.1 Å². The van der Waals surface area contributed by atoms with Crippen LogP contribution in [0.15, 0.2) is 76.1 Å². The summed E-state index contributed by atoms with van der Waals surface area (Å²) in [5.74, 6) is 1.03. The van der Waals surface area contributed by atoms with Crippen molar-refractivity contribution in [2.45, 2.75) is 12.7 Å². The zero-order chi connectivity index (χ0) is 19.8. The van der Waals surface area contributed by atoms with Gasteiger partial charge in [-0.2, -0.15) is 0 Å². The van der Waals surface area contributed by atoms with E-state index in [1.54, 1.807) is 18.3 Å². The fourth-order valence-electron chi connectivity index (χ4n) is 3.62. The second kappa shape index (κ2) is 6.90. The molecule has 29 heavy (non-hydrogen) atoms. The summed E-state index contributed by atoms with van der Waals surface area (Å²) in [5.41, 5.74) is 9.71. The van der Waals surface area contributed by atoms with Crippen LogP contribution in [0.3, 0.4) is 0 Å². The molecule has 2 aliphatic rings. The second-order valence-electron chi connectivity index (χ2n) is 6.89. The molecule has 0 spiro atoms. The number of hydrogen-bond donors (Lipinski definition) is 3. The number of amides is 1. The number of imidazole rings is 1. The van der Waals surface area contributed by atoms with Crippen molar-refractivity contribution >= 4 is 23.5 Å². The molecule has 4 heterocycles. The summed E-state index contributed by atoms with van der Waals surface area (Å²) in [4.78, 5) is 25.4. The Bertz CT molecular complexity index is 1190. The molecule has 1 aromatic carbocycles. The molecule has 2 aromatic heterocycles. The first-order chi connectivity index (χ1) is 14.2. The zero-order valence-electron chi connectivity index (χ0n) is 15.5. The zero-order valence-corrected chi connectivity index (χ0v) is 15.5. The van der Waals surface area contributed by atoms with Crippen molar-refractivity contribution < 1.29 is 4.79 Å². The average molecular weight is 385 g/mol. The third-order valence-electron chi connectivity index (χ3n) is 5.05. The summed E-state index contributed by atoms with van der Waals surface area (Å²) in [6.07, 6.45) is 5.03. The van der Waals surface area contributed by atoms with Crippen molar-refractivity contribution in [3.63, 3.8) is 0 Å². The van der Waals surface area contributed by atoms with Gasteiger partial charge in [0.15, 0.2) is 12.0 Å². The van der Waals surface area contributed by atoms with Gasteiger partial charge in [-0.3, -0.25) is 19.2 Å². The molecule has 1 unspecified atom stereocenters. The van der Waals surface area contributed by atoms with Gasteiger partial charge in [-0.1, -0.05) is 30.3 Å². The van der Waals surface area contributed by atoms with Crippen LogP contribution < -0.4 is 16.4 Å². The van der Waals surface area contributed by atoms with E-state index < -0.39 is 5.91 Å². The van der Waals surface area contributed by atoms with Gasteiger partial charge < -0.3 is 16.4 Å². The molecule has 4 N–H and O–H groups in total. The Hall–Kier alpha value is -3.94. The maximum Gasteiger partial charge on any atom is 0.250 e. The number of nitrogens with one attached hydrogen (secondary N) is 2. The molecule has 8 heteroatoms. The van der Waals surface area contributed by atoms with Gasteiger partial charge in [0, 0.05) is 18.0 Å². The molecule has 0 saturated carbocycles. The Kier molecular flexibility index (Phi) is 4.09. The number of amidine groups is 1. The molecule has 0 fully saturated rings. The number of allylic oxidation sites excluding steroid dienone is 1. The van der Waals surface area contributed by atoms with Gasteiger partial charge in [-0.25, -0.2) is 4.98 Å². The first-order valence-corrected chi connectivity index (χ1v) is 9.31. The van der Waals surface area contributed by atoms with Crippen LogP contribution >= 0.6 is 0 Å². The number of nitrogens with zero attached hydrogens (tertiary/aromatic N) is 4. The number of benzene rings is 1. The summed E-state index contributed by atoms with van der Waals surface area (Å²) < 4.78 is 1.86. The van der Waals surface area contributed by atoms with E-state index in [2.05, 4.69) is 32.7 Å². The maximum absolute atomic E-state index is 11.7. The summed E-state index contributed by atoms with van der Waals surface area (Å²) in [6.45, 7) is 1.16. The van der Waals surface area contributed by atoms with Gasteiger partial charge in [0.1, 0.15) is 5.84 Å². The summed E-state index contributed by atoms with van der Waals surface area (Å²) in [6, 6.07) is 13.6. The minimum Gasteiger partial charge on any atom is -0.366 e. The van der Waals surface area contributed by atoms with E-state index in [9.17, 15) is 4.79 Å². The Labute approximate surface area is 166 Å². The van der Waals surface area contributed by atoms with Gasteiger partial charge in [-0.15, -0.1) is 0 Å². The van der Waals surface area contributed by atoms with E-state index in [1.165, 1.54) is 0 Å². The van der Waals surface area contributed by atoms with Crippen molar-refractivity contribution in [3.8, 4) is 0 Å². The lowest BCUT2D eigenvalue weighted by Gasteiger charge is -2.28. The maximum atomic E-state index is 11.7. The van der Waals surface area contributed by atoms with Crippen molar-refractivity contribution in [1.29, 1.82) is 0 Å². The summed E-state index contributed by atoms with van der Waals surface area (Å²) >= 11 is 0. The summed E-state index contributed by atoms with van der Waals surface area (Å²) in [5, 5.41) is 6.87. The standard InChI is InChI=1S/C21H19N7O/c22-18(29)14-7-4-8-28-17(14)12-25-21(28)20-26-16-11-23-10-15(16)19(27-20)24-9-13-5-2-1-3-6-13/h1-8,11-12,20,26H,9-10H2,(H2,22,29)(H,24,27). The number of hydrogen-bond acceptors (Lipinski definition) is 5. The first kappa shape index (κ1) is 17.2. The summed E-state index contributed by atoms with van der Waals surface area (Å²) in [7, 11) is 0. The van der Waals surface area contributed by atoms with Crippen molar-refractivity contribution in [3.05, 3.63) is 83.1 Å². The predicted molar refractivity (Wildman–Crippen MR) is 111 cm³/mol. The van der Waals surface area contributed by atoms with Gasteiger partial charge >= 0.3 is 0 Å². The van der Waals surface area contributed by atoms with Gasteiger partial charge in [-0.05, 0) is 17.7 Å². The van der Waals surface area contributed by atoms with Crippen LogP contribution in [0.5, 0.6) is 0 Å². The van der Waals surface area contributed by atoms with Crippen LogP contribution in [0.1, 0.15) is 27.9 Å². The first-order valence-electron chi connectivity index (χ1n) is 9.31. The van der Waals surface area contributed by atoms with Crippen LogP contribution in [0, 0.1) is 0 Å². The van der Waals surface area contributed by atoms with E-state index in [0.717, 1.165) is 22.7 Å².